The molecular weight excluding hydrogens is 259 g/mol. The predicted molar refractivity (Wildman–Crippen MR) is 55.6 cm³/mol. The van der Waals surface area contributed by atoms with Crippen molar-refractivity contribution in [1.29, 1.82) is 0 Å². The Bertz CT molecular complexity index is 111. The van der Waals surface area contributed by atoms with E-state index in [0.717, 1.165) is 45.1 Å². The van der Waals surface area contributed by atoms with Gasteiger partial charge in [0.25, 0.3) is 0 Å². The zero-order valence-corrected chi connectivity index (χ0v) is 7.31. The maximum atomic E-state index is 9.78. The van der Waals surface area contributed by atoms with Crippen molar-refractivity contribution in [2.75, 3.05) is 6.61 Å². The second-order valence-electron chi connectivity index (χ2n) is 3.36. The van der Waals surface area contributed by atoms with Crippen LogP contribution in [0.3, 0.4) is 0 Å². The van der Waals surface area contributed by atoms with E-state index >= 15 is 0 Å². The number of ether oxygens (including phenoxy) is 1. The Morgan fingerprint density at radius 3 is 2.67 bits per heavy atom. The Morgan fingerprint density at radius 1 is 1.42 bits per heavy atom. The molecule has 0 radical (unpaired) electrons. The number of hydrogen-bond acceptors (Lipinski definition) is 2. The van der Waals surface area contributed by atoms with Crippen LogP contribution < -0.4 is 0 Å². The molecule has 1 N–H and O–H groups in total. The number of aliphatic hydroxyl groups is 1. The first-order chi connectivity index (χ1) is 5.27. The van der Waals surface area contributed by atoms with Crippen LogP contribution in [0.5, 0.6) is 0 Å². The third kappa shape index (κ3) is 4.10. The van der Waals surface area contributed by atoms with Crippen LogP contribution in [0, 0.1) is 0 Å². The second kappa shape index (κ2) is 6.21. The molecule has 1 aliphatic heterocycles. The molecule has 74 valence electrons. The number of unbranched alkanes of at least 4 members (excludes halogenated alkanes) is 1. The van der Waals surface area contributed by atoms with Crippen LogP contribution in [0.15, 0.2) is 0 Å². The van der Waals surface area contributed by atoms with Gasteiger partial charge in [-0.25, -0.2) is 0 Å². The fraction of sp³-hybridized carbons (Fsp3) is 1.00. The van der Waals surface area contributed by atoms with E-state index in [1.807, 2.05) is 0 Å². The Kier molecular flexibility index (Phi) is 6.59. The van der Waals surface area contributed by atoms with Gasteiger partial charge in [0.2, 0.25) is 0 Å². The summed E-state index contributed by atoms with van der Waals surface area (Å²) in [4.78, 5) is 0. The van der Waals surface area contributed by atoms with Gasteiger partial charge in [-0.05, 0) is 19.3 Å². The summed E-state index contributed by atoms with van der Waals surface area (Å²) >= 11 is 0. The van der Waals surface area contributed by atoms with Crippen LogP contribution in [0.4, 0.5) is 0 Å². The standard InChI is InChI=1S/C9H18O2.Sn.4H/c1-2-3-6-9(10)7-4-5-8-11-9;;;;;/h10H,2-8H2,1H3;;;;;. The third-order valence-corrected chi connectivity index (χ3v) is 2.25. The van der Waals surface area contributed by atoms with Crippen molar-refractivity contribution in [3.05, 3.63) is 0 Å². The molecule has 1 saturated heterocycles. The van der Waals surface area contributed by atoms with Crippen molar-refractivity contribution in [2.45, 2.75) is 51.2 Å². The van der Waals surface area contributed by atoms with Gasteiger partial charge in [-0.3, -0.25) is 0 Å². The van der Waals surface area contributed by atoms with Crippen molar-refractivity contribution >= 4 is 23.9 Å². The summed E-state index contributed by atoms with van der Waals surface area (Å²) < 4.78 is 5.32. The minimum atomic E-state index is -0.770. The first-order valence-electron chi connectivity index (χ1n) is 4.63. The zero-order chi connectivity index (χ0) is 8.16. The van der Waals surface area contributed by atoms with Gasteiger partial charge in [0.1, 0.15) is 0 Å². The molecule has 0 aromatic heterocycles. The Morgan fingerprint density at radius 2 is 2.17 bits per heavy atom. The summed E-state index contributed by atoms with van der Waals surface area (Å²) in [6.07, 6.45) is 6.05. The molecule has 0 bridgehead atoms. The monoisotopic (exact) mass is 282 g/mol. The molecule has 12 heavy (non-hydrogen) atoms. The van der Waals surface area contributed by atoms with Gasteiger partial charge < -0.3 is 9.84 Å². The molecule has 2 nitrogen and oxygen atoms in total. The van der Waals surface area contributed by atoms with E-state index in [1.165, 1.54) is 0 Å². The van der Waals surface area contributed by atoms with Crippen LogP contribution in [0.1, 0.15) is 45.4 Å². The van der Waals surface area contributed by atoms with E-state index < -0.39 is 5.79 Å². The Balaban J connectivity index is 0.00000121. The first kappa shape index (κ1) is 12.7. The maximum absolute atomic E-state index is 9.78. The molecule has 1 fully saturated rings. The molecular formula is C9H22O2Sn. The molecule has 0 spiro atoms. The summed E-state index contributed by atoms with van der Waals surface area (Å²) in [6, 6.07) is 0. The predicted octanol–water partition coefficient (Wildman–Crippen LogP) is 0.614. The van der Waals surface area contributed by atoms with E-state index in [4.69, 9.17) is 4.74 Å². The summed E-state index contributed by atoms with van der Waals surface area (Å²) in [7, 11) is 0. The summed E-state index contributed by atoms with van der Waals surface area (Å²) in [6.45, 7) is 2.87. The minimum absolute atomic E-state index is 0. The fourth-order valence-electron chi connectivity index (χ4n) is 1.49. The van der Waals surface area contributed by atoms with Crippen LogP contribution >= 0.6 is 0 Å². The summed E-state index contributed by atoms with van der Waals surface area (Å²) in [5.41, 5.74) is 0. The quantitative estimate of drug-likeness (QED) is 0.768. The fourth-order valence-corrected chi connectivity index (χ4v) is 1.49. The SMILES string of the molecule is CCCCC1(O)CCCCO1.[SnH4]. The Hall–Kier alpha value is 0.719. The average molecular weight is 281 g/mol. The van der Waals surface area contributed by atoms with Gasteiger partial charge in [0.15, 0.2) is 5.79 Å². The van der Waals surface area contributed by atoms with Gasteiger partial charge in [-0.1, -0.05) is 13.3 Å². The molecule has 0 aliphatic carbocycles. The van der Waals surface area contributed by atoms with Gasteiger partial charge in [0.05, 0.1) is 6.61 Å². The van der Waals surface area contributed by atoms with Crippen molar-refractivity contribution in [3.63, 3.8) is 0 Å². The Labute approximate surface area is 91.6 Å². The molecule has 1 aliphatic rings. The van der Waals surface area contributed by atoms with E-state index in [9.17, 15) is 5.11 Å². The van der Waals surface area contributed by atoms with Crippen molar-refractivity contribution in [1.82, 2.24) is 0 Å². The molecule has 1 unspecified atom stereocenters. The molecule has 1 heterocycles. The molecule has 0 amide bonds. The van der Waals surface area contributed by atoms with Gasteiger partial charge in [-0.2, -0.15) is 0 Å². The van der Waals surface area contributed by atoms with Crippen LogP contribution in [-0.4, -0.2) is 41.4 Å². The molecule has 0 saturated carbocycles. The topological polar surface area (TPSA) is 29.5 Å². The van der Waals surface area contributed by atoms with Gasteiger partial charge in [-0.15, -0.1) is 0 Å². The van der Waals surface area contributed by atoms with E-state index in [-0.39, 0.29) is 23.9 Å². The van der Waals surface area contributed by atoms with E-state index in [0.29, 0.717) is 0 Å². The molecule has 1 rings (SSSR count). The van der Waals surface area contributed by atoms with Crippen LogP contribution in [0.2, 0.25) is 0 Å². The van der Waals surface area contributed by atoms with E-state index in [1.54, 1.807) is 0 Å². The second-order valence-corrected chi connectivity index (χ2v) is 3.36. The van der Waals surface area contributed by atoms with Crippen molar-refractivity contribution < 1.29 is 9.84 Å². The van der Waals surface area contributed by atoms with Crippen LogP contribution in [-0.2, 0) is 4.74 Å². The molecule has 1 atom stereocenters. The van der Waals surface area contributed by atoms with Crippen LogP contribution in [0.25, 0.3) is 0 Å². The molecule has 0 aromatic carbocycles. The first-order valence-corrected chi connectivity index (χ1v) is 4.63. The zero-order valence-electron chi connectivity index (χ0n) is 7.31. The van der Waals surface area contributed by atoms with Gasteiger partial charge in [0, 0.05) is 12.8 Å². The normalized spacial score (nSPS) is 29.5. The van der Waals surface area contributed by atoms with Gasteiger partial charge >= 0.3 is 23.9 Å². The molecule has 0 aromatic rings. The third-order valence-electron chi connectivity index (χ3n) is 2.25. The number of hydrogen-bond donors (Lipinski definition) is 1. The summed E-state index contributed by atoms with van der Waals surface area (Å²) in [5.74, 6) is -0.770. The average Bonchev–Trinajstić information content (AvgIpc) is 2.03. The number of rotatable bonds is 3. The van der Waals surface area contributed by atoms with E-state index in [2.05, 4.69) is 6.92 Å². The van der Waals surface area contributed by atoms with Crippen molar-refractivity contribution in [2.24, 2.45) is 0 Å². The molecule has 3 heteroatoms. The van der Waals surface area contributed by atoms with Crippen molar-refractivity contribution in [3.8, 4) is 0 Å². The summed E-state index contributed by atoms with van der Waals surface area (Å²) in [5, 5.41) is 9.78.